The summed E-state index contributed by atoms with van der Waals surface area (Å²) in [7, 11) is 0. The predicted octanol–water partition coefficient (Wildman–Crippen LogP) is 4.42. The van der Waals surface area contributed by atoms with Gasteiger partial charge < -0.3 is 10.2 Å². The monoisotopic (exact) mass is 276 g/mol. The molecule has 0 unspecified atom stereocenters. The maximum absolute atomic E-state index is 13.4. The smallest absolute Gasteiger partial charge is 0.207 e. The molecular formula is C14H19F3O2. The molecule has 0 atom stereocenters. The Morgan fingerprint density at radius 1 is 0.737 bits per heavy atom. The zero-order valence-electron chi connectivity index (χ0n) is 11.0. The van der Waals surface area contributed by atoms with Gasteiger partial charge in [-0.1, -0.05) is 39.0 Å². The van der Waals surface area contributed by atoms with Crippen LogP contribution in [0, 0.1) is 17.5 Å². The lowest BCUT2D eigenvalue weighted by Gasteiger charge is -2.09. The van der Waals surface area contributed by atoms with Crippen LogP contribution in [0.5, 0.6) is 11.5 Å². The Labute approximate surface area is 110 Å². The molecule has 19 heavy (non-hydrogen) atoms. The molecule has 2 N–H and O–H groups in total. The van der Waals surface area contributed by atoms with Crippen LogP contribution in [-0.2, 0) is 6.42 Å². The molecule has 1 aromatic carbocycles. The lowest BCUT2D eigenvalue weighted by molar-refractivity contribution is 0.342. The van der Waals surface area contributed by atoms with Crippen molar-refractivity contribution in [2.24, 2.45) is 0 Å². The Bertz CT molecular complexity index is 404. The van der Waals surface area contributed by atoms with Crippen molar-refractivity contribution in [2.45, 2.75) is 51.9 Å². The van der Waals surface area contributed by atoms with E-state index in [0.717, 1.165) is 32.1 Å². The van der Waals surface area contributed by atoms with Crippen molar-refractivity contribution in [3.63, 3.8) is 0 Å². The van der Waals surface area contributed by atoms with Crippen molar-refractivity contribution in [3.05, 3.63) is 23.0 Å². The summed E-state index contributed by atoms with van der Waals surface area (Å²) < 4.78 is 39.5. The second-order valence-corrected chi connectivity index (χ2v) is 4.64. The minimum absolute atomic E-state index is 0.0779. The average Bonchev–Trinajstić information content (AvgIpc) is 2.41. The van der Waals surface area contributed by atoms with E-state index in [1.807, 2.05) is 0 Å². The van der Waals surface area contributed by atoms with Gasteiger partial charge in [0, 0.05) is 5.56 Å². The maximum Gasteiger partial charge on any atom is 0.207 e. The van der Waals surface area contributed by atoms with Crippen molar-refractivity contribution in [3.8, 4) is 11.5 Å². The second kappa shape index (κ2) is 7.26. The van der Waals surface area contributed by atoms with Crippen LogP contribution >= 0.6 is 0 Å². The Balaban J connectivity index is 2.64. The van der Waals surface area contributed by atoms with Crippen molar-refractivity contribution < 1.29 is 23.4 Å². The van der Waals surface area contributed by atoms with E-state index in [4.69, 9.17) is 5.11 Å². The number of rotatable bonds is 7. The van der Waals surface area contributed by atoms with Crippen LogP contribution in [0.25, 0.3) is 0 Å². The van der Waals surface area contributed by atoms with Crippen LogP contribution in [-0.4, -0.2) is 10.2 Å². The summed E-state index contributed by atoms with van der Waals surface area (Å²) in [6, 6.07) is 0. The Morgan fingerprint density at radius 2 is 1.32 bits per heavy atom. The lowest BCUT2D eigenvalue weighted by atomic mass is 10.0. The molecule has 0 spiro atoms. The van der Waals surface area contributed by atoms with Gasteiger partial charge >= 0.3 is 0 Å². The summed E-state index contributed by atoms with van der Waals surface area (Å²) in [5.74, 6) is -7.02. The molecule has 0 aliphatic carbocycles. The van der Waals surface area contributed by atoms with E-state index in [-0.39, 0.29) is 12.0 Å². The Kier molecular flexibility index (Phi) is 5.99. The molecule has 0 bridgehead atoms. The van der Waals surface area contributed by atoms with Crippen LogP contribution in [0.2, 0.25) is 0 Å². The van der Waals surface area contributed by atoms with Gasteiger partial charge in [0.2, 0.25) is 5.82 Å². The SMILES string of the molecule is CCCCCCCCc1c(O)c(O)c(F)c(F)c1F. The first-order valence-corrected chi connectivity index (χ1v) is 6.57. The molecule has 0 aliphatic rings. The van der Waals surface area contributed by atoms with Gasteiger partial charge in [-0.15, -0.1) is 0 Å². The Hall–Kier alpha value is -1.39. The third kappa shape index (κ3) is 3.78. The highest BCUT2D eigenvalue weighted by atomic mass is 19.2. The molecule has 0 fully saturated rings. The fourth-order valence-electron chi connectivity index (χ4n) is 1.99. The molecule has 0 radical (unpaired) electrons. The topological polar surface area (TPSA) is 40.5 Å². The summed E-state index contributed by atoms with van der Waals surface area (Å²) >= 11 is 0. The number of phenolic OH excluding ortho intramolecular Hbond substituents is 2. The highest BCUT2D eigenvalue weighted by molar-refractivity contribution is 5.47. The minimum Gasteiger partial charge on any atom is -0.504 e. The molecule has 1 rings (SSSR count). The van der Waals surface area contributed by atoms with Gasteiger partial charge in [-0.25, -0.2) is 8.78 Å². The molecule has 0 heterocycles. The van der Waals surface area contributed by atoms with Gasteiger partial charge in [-0.3, -0.25) is 0 Å². The van der Waals surface area contributed by atoms with Gasteiger partial charge in [0.1, 0.15) is 0 Å². The molecule has 0 saturated carbocycles. The van der Waals surface area contributed by atoms with E-state index in [1.165, 1.54) is 0 Å². The van der Waals surface area contributed by atoms with Crippen molar-refractivity contribution in [1.29, 1.82) is 0 Å². The molecule has 0 aromatic heterocycles. The molecule has 0 amide bonds. The summed E-state index contributed by atoms with van der Waals surface area (Å²) in [6.45, 7) is 2.09. The van der Waals surface area contributed by atoms with Crippen molar-refractivity contribution >= 4 is 0 Å². The van der Waals surface area contributed by atoms with Gasteiger partial charge in [0.15, 0.2) is 23.1 Å². The summed E-state index contributed by atoms with van der Waals surface area (Å²) in [5.41, 5.74) is -0.355. The largest absolute Gasteiger partial charge is 0.504 e. The standard InChI is InChI=1S/C14H19F3O2/c1-2-3-4-5-6-7-8-9-10(15)11(16)12(17)14(19)13(9)18/h18-19H,2-8H2,1H3. The van der Waals surface area contributed by atoms with Crippen molar-refractivity contribution in [1.82, 2.24) is 0 Å². The number of phenols is 2. The Morgan fingerprint density at radius 3 is 1.95 bits per heavy atom. The summed E-state index contributed by atoms with van der Waals surface area (Å²) in [4.78, 5) is 0. The molecular weight excluding hydrogens is 257 g/mol. The highest BCUT2D eigenvalue weighted by Gasteiger charge is 2.23. The first kappa shape index (κ1) is 15.7. The number of aromatic hydroxyl groups is 2. The molecule has 1 aromatic rings. The van der Waals surface area contributed by atoms with Gasteiger partial charge in [0.25, 0.3) is 0 Å². The zero-order chi connectivity index (χ0) is 14.4. The molecule has 108 valence electrons. The van der Waals surface area contributed by atoms with Gasteiger partial charge in [0.05, 0.1) is 0 Å². The lowest BCUT2D eigenvalue weighted by Crippen LogP contribution is -2.00. The predicted molar refractivity (Wildman–Crippen MR) is 66.7 cm³/mol. The summed E-state index contributed by atoms with van der Waals surface area (Å²) in [5, 5.41) is 18.6. The van der Waals surface area contributed by atoms with Crippen LogP contribution in [0.4, 0.5) is 13.2 Å². The minimum atomic E-state index is -1.75. The van der Waals surface area contributed by atoms with E-state index in [0.29, 0.717) is 6.42 Å². The van der Waals surface area contributed by atoms with Crippen LogP contribution in [0.1, 0.15) is 51.0 Å². The molecule has 2 nitrogen and oxygen atoms in total. The third-order valence-electron chi connectivity index (χ3n) is 3.15. The van der Waals surface area contributed by atoms with Crippen LogP contribution in [0.15, 0.2) is 0 Å². The van der Waals surface area contributed by atoms with E-state index < -0.39 is 29.0 Å². The van der Waals surface area contributed by atoms with Gasteiger partial charge in [-0.2, -0.15) is 4.39 Å². The molecule has 0 saturated heterocycles. The fourth-order valence-corrected chi connectivity index (χ4v) is 1.99. The molecule has 5 heteroatoms. The first-order valence-electron chi connectivity index (χ1n) is 6.57. The maximum atomic E-state index is 13.4. The number of hydrogen-bond donors (Lipinski definition) is 2. The third-order valence-corrected chi connectivity index (χ3v) is 3.15. The van der Waals surface area contributed by atoms with Gasteiger partial charge in [-0.05, 0) is 12.8 Å². The van der Waals surface area contributed by atoms with Crippen LogP contribution < -0.4 is 0 Å². The van der Waals surface area contributed by atoms with E-state index in [9.17, 15) is 18.3 Å². The normalized spacial score (nSPS) is 10.9. The van der Waals surface area contributed by atoms with E-state index >= 15 is 0 Å². The fraction of sp³-hybridized carbons (Fsp3) is 0.571. The van der Waals surface area contributed by atoms with Crippen molar-refractivity contribution in [2.75, 3.05) is 0 Å². The quantitative estimate of drug-likeness (QED) is 0.439. The number of hydrogen-bond acceptors (Lipinski definition) is 2. The molecule has 0 aliphatic heterocycles. The van der Waals surface area contributed by atoms with E-state index in [1.54, 1.807) is 0 Å². The average molecular weight is 276 g/mol. The first-order chi connectivity index (χ1) is 9.00. The highest BCUT2D eigenvalue weighted by Crippen LogP contribution is 2.36. The number of benzene rings is 1. The zero-order valence-corrected chi connectivity index (χ0v) is 11.0. The van der Waals surface area contributed by atoms with Crippen LogP contribution in [0.3, 0.4) is 0 Å². The number of halogens is 3. The van der Waals surface area contributed by atoms with E-state index in [2.05, 4.69) is 6.92 Å². The summed E-state index contributed by atoms with van der Waals surface area (Å²) in [6.07, 6.45) is 5.75. The number of unbranched alkanes of at least 4 members (excludes halogenated alkanes) is 5. The second-order valence-electron chi connectivity index (χ2n) is 4.64.